The maximum absolute atomic E-state index is 11.1. The summed E-state index contributed by atoms with van der Waals surface area (Å²) in [5.41, 5.74) is 5.29. The molecule has 2 bridgehead atoms. The predicted octanol–water partition coefficient (Wildman–Crippen LogP) is 1.40. The van der Waals surface area contributed by atoms with Crippen molar-refractivity contribution in [2.24, 2.45) is 11.1 Å². The van der Waals surface area contributed by atoms with Crippen LogP contribution in [0.5, 0.6) is 0 Å². The van der Waals surface area contributed by atoms with Gasteiger partial charge in [-0.1, -0.05) is 0 Å². The largest absolute Gasteiger partial charge is 0.369 e. The van der Waals surface area contributed by atoms with Crippen molar-refractivity contribution in [1.29, 1.82) is 0 Å². The number of carbonyl (C=O) groups is 1. The number of fused-ring (bicyclic) bond motifs is 3. The lowest BCUT2D eigenvalue weighted by Gasteiger charge is -2.43. The second-order valence-corrected chi connectivity index (χ2v) is 3.89. The summed E-state index contributed by atoms with van der Waals surface area (Å²) < 4.78 is 0. The van der Waals surface area contributed by atoms with E-state index in [1.54, 1.807) is 5.92 Å². The van der Waals surface area contributed by atoms with Gasteiger partial charge in [0.05, 0.1) is 0 Å². The number of primary amides is 1. The Labute approximate surface area is 67.1 Å². The summed E-state index contributed by atoms with van der Waals surface area (Å²) in [6, 6.07) is 0. The molecular formula is C9H14NO. The normalized spacial score (nSPS) is 28.7. The van der Waals surface area contributed by atoms with Gasteiger partial charge in [0.25, 0.3) is 0 Å². The van der Waals surface area contributed by atoms with Crippen LogP contribution in [-0.2, 0) is 4.79 Å². The third-order valence-corrected chi connectivity index (χ3v) is 3.39. The van der Waals surface area contributed by atoms with Crippen LogP contribution in [0.2, 0.25) is 0 Å². The fraction of sp³-hybridized carbons (Fsp3) is 0.778. The van der Waals surface area contributed by atoms with Crippen LogP contribution in [0.3, 0.4) is 0 Å². The highest BCUT2D eigenvalue weighted by Gasteiger charge is 2.44. The van der Waals surface area contributed by atoms with Gasteiger partial charge < -0.3 is 5.73 Å². The first-order valence-corrected chi connectivity index (χ1v) is 4.36. The molecule has 1 amide bonds. The van der Waals surface area contributed by atoms with Gasteiger partial charge in [0.1, 0.15) is 0 Å². The zero-order valence-electron chi connectivity index (χ0n) is 6.73. The molecule has 0 saturated heterocycles. The Kier molecular flexibility index (Phi) is 1.44. The Morgan fingerprint density at radius 1 is 1.18 bits per heavy atom. The van der Waals surface area contributed by atoms with E-state index < -0.39 is 0 Å². The van der Waals surface area contributed by atoms with E-state index in [2.05, 4.69) is 0 Å². The van der Waals surface area contributed by atoms with E-state index in [0.717, 1.165) is 38.5 Å². The molecule has 0 aromatic rings. The topological polar surface area (TPSA) is 43.1 Å². The molecule has 0 atom stereocenters. The molecule has 3 saturated carbocycles. The van der Waals surface area contributed by atoms with Crippen LogP contribution in [0.4, 0.5) is 0 Å². The molecule has 1 radical (unpaired) electrons. The molecule has 0 aromatic carbocycles. The highest BCUT2D eigenvalue weighted by atomic mass is 16.1. The Balaban J connectivity index is 2.18. The average Bonchev–Trinajstić information content (AvgIpc) is 2.08. The fourth-order valence-electron chi connectivity index (χ4n) is 2.37. The first kappa shape index (κ1) is 7.14. The van der Waals surface area contributed by atoms with E-state index in [1.807, 2.05) is 0 Å². The number of nitrogens with two attached hydrogens (primary N) is 1. The first-order chi connectivity index (χ1) is 5.23. The van der Waals surface area contributed by atoms with Gasteiger partial charge in [-0.05, 0) is 44.4 Å². The lowest BCUT2D eigenvalue weighted by Crippen LogP contribution is -2.43. The van der Waals surface area contributed by atoms with E-state index in [4.69, 9.17) is 5.73 Å². The minimum atomic E-state index is -0.0955. The summed E-state index contributed by atoms with van der Waals surface area (Å²) in [5.74, 6) is 1.60. The SMILES string of the molecule is NC(=O)C12CC[C](CC1)CC2. The number of hydrogen-bond acceptors (Lipinski definition) is 1. The van der Waals surface area contributed by atoms with Crippen LogP contribution in [0.1, 0.15) is 38.5 Å². The van der Waals surface area contributed by atoms with Crippen molar-refractivity contribution in [2.45, 2.75) is 38.5 Å². The molecule has 0 unspecified atom stereocenters. The van der Waals surface area contributed by atoms with E-state index in [0.29, 0.717) is 0 Å². The fourth-order valence-corrected chi connectivity index (χ4v) is 2.37. The summed E-state index contributed by atoms with van der Waals surface area (Å²) in [5, 5.41) is 0. The molecule has 0 aliphatic heterocycles. The zero-order valence-corrected chi connectivity index (χ0v) is 6.73. The molecule has 3 aliphatic carbocycles. The molecule has 3 aliphatic rings. The maximum atomic E-state index is 11.1. The quantitative estimate of drug-likeness (QED) is 0.606. The van der Waals surface area contributed by atoms with E-state index >= 15 is 0 Å². The van der Waals surface area contributed by atoms with Gasteiger partial charge in [0, 0.05) is 5.41 Å². The van der Waals surface area contributed by atoms with Crippen molar-refractivity contribution in [1.82, 2.24) is 0 Å². The Bertz CT molecular complexity index is 166. The number of amides is 1. The van der Waals surface area contributed by atoms with E-state index in [9.17, 15) is 4.79 Å². The summed E-state index contributed by atoms with van der Waals surface area (Å²) in [7, 11) is 0. The number of carbonyl (C=O) groups excluding carboxylic acids is 1. The minimum Gasteiger partial charge on any atom is -0.369 e. The van der Waals surface area contributed by atoms with E-state index in [-0.39, 0.29) is 11.3 Å². The standard InChI is InChI=1S/C9H14NO/c10-8(11)9-4-1-7(2-5-9)3-6-9/h1-6H2,(H2,10,11). The molecule has 61 valence electrons. The smallest absolute Gasteiger partial charge is 0.223 e. The summed E-state index contributed by atoms with van der Waals surface area (Å²) >= 11 is 0. The van der Waals surface area contributed by atoms with Gasteiger partial charge in [-0.3, -0.25) is 4.79 Å². The van der Waals surface area contributed by atoms with Crippen LogP contribution in [0, 0.1) is 11.3 Å². The van der Waals surface area contributed by atoms with Crippen molar-refractivity contribution >= 4 is 5.91 Å². The van der Waals surface area contributed by atoms with Crippen molar-refractivity contribution in [3.05, 3.63) is 5.92 Å². The van der Waals surface area contributed by atoms with Crippen LogP contribution in [0.25, 0.3) is 0 Å². The highest BCUT2D eigenvalue weighted by Crippen LogP contribution is 2.50. The lowest BCUT2D eigenvalue weighted by atomic mass is 9.60. The molecule has 2 heteroatoms. The minimum absolute atomic E-state index is 0.0590. The molecule has 2 nitrogen and oxygen atoms in total. The molecule has 3 rings (SSSR count). The number of rotatable bonds is 1. The van der Waals surface area contributed by atoms with Crippen molar-refractivity contribution < 1.29 is 4.79 Å². The average molecular weight is 152 g/mol. The summed E-state index contributed by atoms with van der Waals surface area (Å²) in [6.45, 7) is 0. The van der Waals surface area contributed by atoms with Gasteiger partial charge in [0.15, 0.2) is 0 Å². The van der Waals surface area contributed by atoms with Gasteiger partial charge >= 0.3 is 0 Å². The van der Waals surface area contributed by atoms with Gasteiger partial charge in [-0.15, -0.1) is 0 Å². The van der Waals surface area contributed by atoms with Crippen LogP contribution in [0.15, 0.2) is 0 Å². The number of hydrogen-bond donors (Lipinski definition) is 1. The van der Waals surface area contributed by atoms with E-state index in [1.165, 1.54) is 0 Å². The van der Waals surface area contributed by atoms with Gasteiger partial charge in [-0.25, -0.2) is 0 Å². The van der Waals surface area contributed by atoms with Crippen LogP contribution >= 0.6 is 0 Å². The maximum Gasteiger partial charge on any atom is 0.223 e. The second-order valence-electron chi connectivity index (χ2n) is 3.89. The Morgan fingerprint density at radius 3 is 1.91 bits per heavy atom. The Hall–Kier alpha value is -0.530. The first-order valence-electron chi connectivity index (χ1n) is 4.36. The third-order valence-electron chi connectivity index (χ3n) is 3.39. The molecule has 0 aromatic heterocycles. The zero-order chi connectivity index (χ0) is 7.90. The van der Waals surface area contributed by atoms with Crippen molar-refractivity contribution in [3.63, 3.8) is 0 Å². The second kappa shape index (κ2) is 2.23. The molecule has 0 spiro atoms. The molecule has 0 heterocycles. The van der Waals surface area contributed by atoms with Crippen LogP contribution < -0.4 is 5.73 Å². The molecule has 11 heavy (non-hydrogen) atoms. The monoisotopic (exact) mass is 152 g/mol. The van der Waals surface area contributed by atoms with Gasteiger partial charge in [0.2, 0.25) is 5.91 Å². The Morgan fingerprint density at radius 2 is 1.64 bits per heavy atom. The molecule has 2 N–H and O–H groups in total. The van der Waals surface area contributed by atoms with Crippen LogP contribution in [-0.4, -0.2) is 5.91 Å². The van der Waals surface area contributed by atoms with Crippen molar-refractivity contribution in [2.75, 3.05) is 0 Å². The molecular weight excluding hydrogens is 138 g/mol. The third kappa shape index (κ3) is 0.959. The lowest BCUT2D eigenvalue weighted by molar-refractivity contribution is -0.131. The molecule has 3 fully saturated rings. The highest BCUT2D eigenvalue weighted by molar-refractivity contribution is 5.81. The van der Waals surface area contributed by atoms with Gasteiger partial charge in [-0.2, -0.15) is 0 Å². The van der Waals surface area contributed by atoms with Crippen molar-refractivity contribution in [3.8, 4) is 0 Å². The summed E-state index contributed by atoms with van der Waals surface area (Å²) in [6.07, 6.45) is 6.54. The summed E-state index contributed by atoms with van der Waals surface area (Å²) in [4.78, 5) is 11.1. The predicted molar refractivity (Wildman–Crippen MR) is 42.6 cm³/mol.